The van der Waals surface area contributed by atoms with Gasteiger partial charge in [0.05, 0.1) is 25.2 Å². The van der Waals surface area contributed by atoms with Gasteiger partial charge in [-0.3, -0.25) is 4.79 Å². The Morgan fingerprint density at radius 2 is 1.13 bits per heavy atom. The van der Waals surface area contributed by atoms with E-state index in [1.165, 1.54) is 27.9 Å². The molecular weight excluding hydrogens is 635 g/mol. The number of carboxylic acids is 1. The maximum Gasteiger partial charge on any atom is 0.526 e. The lowest BCUT2D eigenvalue weighted by Crippen LogP contribution is -2.27. The van der Waals surface area contributed by atoms with Crippen LogP contribution in [0.15, 0.2) is 146 Å². The van der Waals surface area contributed by atoms with Crippen LogP contribution >= 0.6 is 15.9 Å². The zero-order valence-electron chi connectivity index (χ0n) is 25.2. The van der Waals surface area contributed by atoms with E-state index in [-0.39, 0.29) is 12.1 Å². The molecule has 0 aliphatic carbocycles. The topological polar surface area (TPSA) is 117 Å². The number of furan rings is 3. The number of rotatable bonds is 7. The van der Waals surface area contributed by atoms with Crippen LogP contribution in [0.1, 0.15) is 30.5 Å². The highest BCUT2D eigenvalue weighted by Gasteiger charge is 2.12. The van der Waals surface area contributed by atoms with E-state index in [0.29, 0.717) is 0 Å². The van der Waals surface area contributed by atoms with Crippen molar-refractivity contribution in [3.8, 4) is 22.6 Å². The number of carboxylic acid groups (broad SMARTS) is 1. The number of halogens is 1. The smallest absolute Gasteiger partial charge is 0.481 e. The predicted molar refractivity (Wildman–Crippen MR) is 181 cm³/mol. The second-order valence-corrected chi connectivity index (χ2v) is 10.6. The molecule has 45 heavy (non-hydrogen) atoms. The third kappa shape index (κ3) is 12.5. The third-order valence-corrected chi connectivity index (χ3v) is 6.82. The Balaban J connectivity index is 0.000000169. The summed E-state index contributed by atoms with van der Waals surface area (Å²) in [5.74, 6) is 0.865. The Kier molecular flexibility index (Phi) is 14.7. The molecule has 232 valence electrons. The molecule has 0 amide bonds. The minimum Gasteiger partial charge on any atom is -0.481 e. The zero-order chi connectivity index (χ0) is 32.4. The van der Waals surface area contributed by atoms with E-state index in [1.54, 1.807) is 30.7 Å². The second-order valence-electron chi connectivity index (χ2n) is 9.65. The maximum absolute atomic E-state index is 10.5. The Hall–Kier alpha value is -4.57. The Morgan fingerprint density at radius 3 is 1.53 bits per heavy atom. The first-order chi connectivity index (χ1) is 21.8. The van der Waals surface area contributed by atoms with Crippen molar-refractivity contribution in [2.45, 2.75) is 33.1 Å². The minimum atomic E-state index is -1.48. The summed E-state index contributed by atoms with van der Waals surface area (Å²) in [6, 6.07) is 34.8. The van der Waals surface area contributed by atoms with Crippen LogP contribution in [0.5, 0.6) is 0 Å². The third-order valence-electron chi connectivity index (χ3n) is 6.32. The van der Waals surface area contributed by atoms with Crippen LogP contribution in [-0.2, 0) is 24.1 Å². The number of hydrogen-bond donors (Lipinski definition) is 3. The van der Waals surface area contributed by atoms with Gasteiger partial charge < -0.3 is 28.4 Å². The molecule has 3 aromatic heterocycles. The van der Waals surface area contributed by atoms with Crippen LogP contribution < -0.4 is 5.66 Å². The maximum atomic E-state index is 10.5. The van der Waals surface area contributed by atoms with Crippen LogP contribution in [-0.4, -0.2) is 28.2 Å². The minimum absolute atomic E-state index is 0.0363. The van der Waals surface area contributed by atoms with Gasteiger partial charge in [-0.2, -0.15) is 0 Å². The Bertz CT molecular complexity index is 1660. The first-order valence-corrected chi connectivity index (χ1v) is 15.2. The van der Waals surface area contributed by atoms with Crippen LogP contribution in [0, 0.1) is 0 Å². The Morgan fingerprint density at radius 1 is 0.644 bits per heavy atom. The van der Waals surface area contributed by atoms with Gasteiger partial charge in [0.15, 0.2) is 0 Å². The summed E-state index contributed by atoms with van der Waals surface area (Å²) in [6.07, 6.45) is 6.89. The SMILES string of the molecule is CCc1cccc(-c2ccco2)c1.CCc1cccc(Br)c1.O=C(O)Cc1cccc(-c2ccco2)c1.OB(O)c1ccco1. The van der Waals surface area contributed by atoms with Crippen molar-refractivity contribution in [1.29, 1.82) is 0 Å². The second kappa shape index (κ2) is 19.0. The van der Waals surface area contributed by atoms with Crippen LogP contribution in [0.4, 0.5) is 0 Å². The van der Waals surface area contributed by atoms with Gasteiger partial charge >= 0.3 is 13.1 Å². The van der Waals surface area contributed by atoms with E-state index in [4.69, 9.17) is 24.0 Å². The molecule has 7 nitrogen and oxygen atoms in total. The first-order valence-electron chi connectivity index (χ1n) is 14.4. The fourth-order valence-electron chi connectivity index (χ4n) is 4.03. The standard InChI is InChI=1S/C12H10O3.C12H12O.C8H9Br.C4H5BO3/c13-12(14)8-9-3-1-4-10(7-9)11-5-2-6-15-11;1-2-10-5-3-6-11(9-10)12-7-4-8-13-12;1-2-7-4-3-5-8(9)6-7;6-5(7)4-2-1-3-8-4/h1-7H,8H2,(H,13,14);3-9H,2H2,1H3;3-6H,2H2,1H3;1-3,6-7H. The fraction of sp³-hybridized carbons (Fsp3) is 0.139. The van der Waals surface area contributed by atoms with Gasteiger partial charge in [0.25, 0.3) is 0 Å². The van der Waals surface area contributed by atoms with Crippen LogP contribution in [0.25, 0.3) is 22.6 Å². The molecule has 0 aliphatic rings. The fourth-order valence-corrected chi connectivity index (χ4v) is 4.48. The number of carbonyl (C=O) groups is 1. The highest BCUT2D eigenvalue weighted by molar-refractivity contribution is 9.10. The van der Waals surface area contributed by atoms with Crippen molar-refractivity contribution >= 4 is 34.7 Å². The summed E-state index contributed by atoms with van der Waals surface area (Å²) in [4.78, 5) is 10.5. The van der Waals surface area contributed by atoms with Gasteiger partial charge in [-0.25, -0.2) is 0 Å². The summed E-state index contributed by atoms with van der Waals surface area (Å²) in [5, 5.41) is 25.4. The molecule has 3 heterocycles. The van der Waals surface area contributed by atoms with Gasteiger partial charge in [0.1, 0.15) is 17.2 Å². The number of benzene rings is 3. The lowest BCUT2D eigenvalue weighted by atomic mass is 9.88. The summed E-state index contributed by atoms with van der Waals surface area (Å²) < 4.78 is 16.3. The number of aryl methyl sites for hydroxylation is 2. The molecule has 0 aliphatic heterocycles. The molecule has 3 aromatic carbocycles. The summed E-state index contributed by atoms with van der Waals surface area (Å²) >= 11 is 3.40. The quantitative estimate of drug-likeness (QED) is 0.147. The van der Waals surface area contributed by atoms with Gasteiger partial charge in [0, 0.05) is 15.6 Å². The van der Waals surface area contributed by atoms with Gasteiger partial charge in [-0.05, 0) is 90.2 Å². The summed E-state index contributed by atoms with van der Waals surface area (Å²) in [5.41, 5.74) is 5.72. The lowest BCUT2D eigenvalue weighted by molar-refractivity contribution is -0.136. The normalized spacial score (nSPS) is 9.89. The molecule has 0 unspecified atom stereocenters. The molecule has 9 heteroatoms. The highest BCUT2D eigenvalue weighted by Crippen LogP contribution is 2.22. The molecule has 0 saturated heterocycles. The van der Waals surface area contributed by atoms with Gasteiger partial charge in [-0.15, -0.1) is 0 Å². The van der Waals surface area contributed by atoms with E-state index in [0.717, 1.165) is 41.1 Å². The van der Waals surface area contributed by atoms with Crippen molar-refractivity contribution in [2.24, 2.45) is 0 Å². The van der Waals surface area contributed by atoms with Crippen molar-refractivity contribution in [3.05, 3.63) is 149 Å². The molecule has 0 fully saturated rings. The van der Waals surface area contributed by atoms with Crippen LogP contribution in [0.3, 0.4) is 0 Å². The van der Waals surface area contributed by atoms with Crippen molar-refractivity contribution < 1.29 is 33.2 Å². The molecule has 0 bridgehead atoms. The van der Waals surface area contributed by atoms with E-state index in [2.05, 4.69) is 76.7 Å². The Labute approximate surface area is 272 Å². The summed E-state index contributed by atoms with van der Waals surface area (Å²) in [6.45, 7) is 4.31. The van der Waals surface area contributed by atoms with Crippen molar-refractivity contribution in [3.63, 3.8) is 0 Å². The average molecular weight is 671 g/mol. The van der Waals surface area contributed by atoms with Crippen molar-refractivity contribution in [2.75, 3.05) is 0 Å². The number of hydrogen-bond acceptors (Lipinski definition) is 6. The molecule has 6 aromatic rings. The lowest BCUT2D eigenvalue weighted by Gasteiger charge is -2.00. The van der Waals surface area contributed by atoms with E-state index < -0.39 is 13.1 Å². The first kappa shape index (κ1) is 34.9. The monoisotopic (exact) mass is 670 g/mol. The van der Waals surface area contributed by atoms with Crippen molar-refractivity contribution in [1.82, 2.24) is 0 Å². The van der Waals surface area contributed by atoms with Gasteiger partial charge in [-0.1, -0.05) is 78.3 Å². The zero-order valence-corrected chi connectivity index (χ0v) is 26.8. The average Bonchev–Trinajstić information content (AvgIpc) is 3.86. The predicted octanol–water partition coefficient (Wildman–Crippen LogP) is 8.05. The highest BCUT2D eigenvalue weighted by atomic mass is 79.9. The van der Waals surface area contributed by atoms with E-state index >= 15 is 0 Å². The molecule has 6 rings (SSSR count). The number of aliphatic carboxylic acids is 1. The molecular formula is C36H36BBrO7. The van der Waals surface area contributed by atoms with Crippen LogP contribution in [0.2, 0.25) is 0 Å². The molecule has 0 saturated carbocycles. The molecule has 0 radical (unpaired) electrons. The molecule has 3 N–H and O–H groups in total. The largest absolute Gasteiger partial charge is 0.526 e. The van der Waals surface area contributed by atoms with E-state index in [1.807, 2.05) is 42.5 Å². The van der Waals surface area contributed by atoms with Gasteiger partial charge in [0.2, 0.25) is 0 Å². The van der Waals surface area contributed by atoms with E-state index in [9.17, 15) is 4.79 Å². The molecule has 0 atom stereocenters. The summed E-state index contributed by atoms with van der Waals surface area (Å²) in [7, 11) is -1.48. The molecule has 0 spiro atoms.